The van der Waals surface area contributed by atoms with Gasteiger partial charge in [0.1, 0.15) is 5.75 Å². The molecule has 3 nitrogen and oxygen atoms in total. The third kappa shape index (κ3) is 6.15. The van der Waals surface area contributed by atoms with Crippen molar-refractivity contribution < 1.29 is 9.84 Å². The molecule has 1 aliphatic heterocycles. The molecule has 0 bridgehead atoms. The van der Waals surface area contributed by atoms with Gasteiger partial charge in [0, 0.05) is 19.0 Å². The van der Waals surface area contributed by atoms with Crippen LogP contribution in [0, 0.1) is 5.92 Å². The molecule has 1 heterocycles. The highest BCUT2D eigenvalue weighted by atomic mass is 16.5. The zero-order valence-electron chi connectivity index (χ0n) is 14.8. The molecule has 0 amide bonds. The van der Waals surface area contributed by atoms with Crippen LogP contribution >= 0.6 is 0 Å². The van der Waals surface area contributed by atoms with Crippen molar-refractivity contribution in [2.45, 2.75) is 58.5 Å². The molecule has 0 saturated carbocycles. The summed E-state index contributed by atoms with van der Waals surface area (Å²) in [5, 5.41) is 10.3. The Balaban J connectivity index is 1.82. The molecule has 1 aliphatic rings. The normalized spacial score (nSPS) is 22.2. The Morgan fingerprint density at radius 1 is 1.13 bits per heavy atom. The SMILES string of the molecule is CCCCCOc1ccc(CC2CN(CCC)CCC2O)cc1. The van der Waals surface area contributed by atoms with E-state index in [-0.39, 0.29) is 6.10 Å². The maximum Gasteiger partial charge on any atom is 0.119 e. The van der Waals surface area contributed by atoms with E-state index >= 15 is 0 Å². The van der Waals surface area contributed by atoms with Crippen LogP contribution in [0.1, 0.15) is 51.5 Å². The number of aliphatic hydroxyl groups excluding tert-OH is 1. The van der Waals surface area contributed by atoms with Gasteiger partial charge >= 0.3 is 0 Å². The molecule has 1 saturated heterocycles. The highest BCUT2D eigenvalue weighted by Crippen LogP contribution is 2.23. The number of piperidine rings is 1. The predicted molar refractivity (Wildman–Crippen MR) is 96.0 cm³/mol. The molecule has 1 N–H and O–H groups in total. The van der Waals surface area contributed by atoms with E-state index in [0.717, 1.165) is 51.3 Å². The summed E-state index contributed by atoms with van der Waals surface area (Å²) in [6, 6.07) is 8.45. The first-order chi connectivity index (χ1) is 11.2. The summed E-state index contributed by atoms with van der Waals surface area (Å²) in [6.45, 7) is 8.43. The van der Waals surface area contributed by atoms with Crippen molar-refractivity contribution in [2.24, 2.45) is 5.92 Å². The first-order valence-corrected chi connectivity index (χ1v) is 9.35. The zero-order chi connectivity index (χ0) is 16.5. The van der Waals surface area contributed by atoms with Crippen molar-refractivity contribution in [3.63, 3.8) is 0 Å². The lowest BCUT2D eigenvalue weighted by molar-refractivity contribution is 0.0270. The quantitative estimate of drug-likeness (QED) is 0.701. The number of likely N-dealkylation sites (tertiary alicyclic amines) is 1. The summed E-state index contributed by atoms with van der Waals surface area (Å²) in [6.07, 6.45) is 6.47. The lowest BCUT2D eigenvalue weighted by Gasteiger charge is -2.36. The highest BCUT2D eigenvalue weighted by Gasteiger charge is 2.27. The Kier molecular flexibility index (Phi) is 7.90. The standard InChI is InChI=1S/C20H33NO2/c1-3-5-6-14-23-19-9-7-17(8-10-19)15-18-16-21(12-4-2)13-11-20(18)22/h7-10,18,20,22H,3-6,11-16H2,1-2H3. The molecule has 0 aromatic heterocycles. The first-order valence-electron chi connectivity index (χ1n) is 9.35. The van der Waals surface area contributed by atoms with Gasteiger partial charge in [-0.3, -0.25) is 0 Å². The first kappa shape index (κ1) is 18.3. The van der Waals surface area contributed by atoms with Crippen LogP contribution in [0.4, 0.5) is 0 Å². The second kappa shape index (κ2) is 9.94. The number of nitrogens with zero attached hydrogens (tertiary/aromatic N) is 1. The minimum Gasteiger partial charge on any atom is -0.494 e. The molecular weight excluding hydrogens is 286 g/mol. The molecule has 2 atom stereocenters. The lowest BCUT2D eigenvalue weighted by atomic mass is 9.88. The van der Waals surface area contributed by atoms with E-state index in [4.69, 9.17) is 4.74 Å². The number of unbranched alkanes of at least 4 members (excludes halogenated alkanes) is 2. The van der Waals surface area contributed by atoms with Gasteiger partial charge in [0.25, 0.3) is 0 Å². The molecule has 1 aromatic rings. The van der Waals surface area contributed by atoms with E-state index in [0.29, 0.717) is 5.92 Å². The summed E-state index contributed by atoms with van der Waals surface area (Å²) in [7, 11) is 0. The largest absolute Gasteiger partial charge is 0.494 e. The van der Waals surface area contributed by atoms with Gasteiger partial charge < -0.3 is 14.7 Å². The van der Waals surface area contributed by atoms with Gasteiger partial charge in [-0.1, -0.05) is 38.8 Å². The maximum absolute atomic E-state index is 10.3. The third-order valence-electron chi connectivity index (χ3n) is 4.76. The van der Waals surface area contributed by atoms with E-state index in [1.807, 2.05) is 0 Å². The van der Waals surface area contributed by atoms with Crippen molar-refractivity contribution >= 4 is 0 Å². The number of hydrogen-bond donors (Lipinski definition) is 1. The van der Waals surface area contributed by atoms with Crippen molar-refractivity contribution in [1.82, 2.24) is 4.90 Å². The number of aliphatic hydroxyl groups is 1. The number of ether oxygens (including phenoxy) is 1. The minimum absolute atomic E-state index is 0.159. The van der Waals surface area contributed by atoms with Crippen LogP contribution in [-0.4, -0.2) is 42.4 Å². The Morgan fingerprint density at radius 3 is 2.61 bits per heavy atom. The summed E-state index contributed by atoms with van der Waals surface area (Å²) in [4.78, 5) is 2.49. The van der Waals surface area contributed by atoms with Gasteiger partial charge in [0.15, 0.2) is 0 Å². The highest BCUT2D eigenvalue weighted by molar-refractivity contribution is 5.27. The van der Waals surface area contributed by atoms with Crippen LogP contribution in [0.3, 0.4) is 0 Å². The van der Waals surface area contributed by atoms with Crippen LogP contribution in [-0.2, 0) is 6.42 Å². The van der Waals surface area contributed by atoms with Crippen LogP contribution in [0.25, 0.3) is 0 Å². The number of rotatable bonds is 9. The summed E-state index contributed by atoms with van der Waals surface area (Å²) in [5.74, 6) is 1.31. The maximum atomic E-state index is 10.3. The smallest absolute Gasteiger partial charge is 0.119 e. The molecule has 0 spiro atoms. The topological polar surface area (TPSA) is 32.7 Å². The van der Waals surface area contributed by atoms with Gasteiger partial charge in [0.2, 0.25) is 0 Å². The fraction of sp³-hybridized carbons (Fsp3) is 0.700. The van der Waals surface area contributed by atoms with Crippen molar-refractivity contribution in [2.75, 3.05) is 26.2 Å². The second-order valence-corrected chi connectivity index (χ2v) is 6.82. The Bertz CT molecular complexity index is 432. The van der Waals surface area contributed by atoms with Gasteiger partial charge in [-0.25, -0.2) is 0 Å². The van der Waals surface area contributed by atoms with Crippen LogP contribution in [0.15, 0.2) is 24.3 Å². The fourth-order valence-corrected chi connectivity index (χ4v) is 3.38. The monoisotopic (exact) mass is 319 g/mol. The summed E-state index contributed by atoms with van der Waals surface area (Å²) < 4.78 is 5.77. The lowest BCUT2D eigenvalue weighted by Crippen LogP contribution is -2.44. The number of benzene rings is 1. The van der Waals surface area contributed by atoms with Gasteiger partial charge in [-0.15, -0.1) is 0 Å². The summed E-state index contributed by atoms with van der Waals surface area (Å²) >= 11 is 0. The van der Waals surface area contributed by atoms with Crippen LogP contribution < -0.4 is 4.74 Å². The van der Waals surface area contributed by atoms with Crippen molar-refractivity contribution in [3.05, 3.63) is 29.8 Å². The molecule has 130 valence electrons. The van der Waals surface area contributed by atoms with E-state index < -0.39 is 0 Å². The second-order valence-electron chi connectivity index (χ2n) is 6.82. The average Bonchev–Trinajstić information content (AvgIpc) is 2.56. The predicted octanol–water partition coefficient (Wildman–Crippen LogP) is 3.89. The Labute approximate surface area is 141 Å². The van der Waals surface area contributed by atoms with E-state index in [1.165, 1.54) is 24.8 Å². The zero-order valence-corrected chi connectivity index (χ0v) is 14.8. The molecule has 2 unspecified atom stereocenters. The van der Waals surface area contributed by atoms with Gasteiger partial charge in [0.05, 0.1) is 12.7 Å². The van der Waals surface area contributed by atoms with Gasteiger partial charge in [-0.2, -0.15) is 0 Å². The van der Waals surface area contributed by atoms with Gasteiger partial charge in [-0.05, 0) is 49.9 Å². The molecule has 3 heteroatoms. The molecule has 1 fully saturated rings. The Hall–Kier alpha value is -1.06. The molecular formula is C20H33NO2. The molecule has 2 rings (SSSR count). The molecule has 1 aromatic carbocycles. The van der Waals surface area contributed by atoms with E-state index in [2.05, 4.69) is 43.0 Å². The third-order valence-corrected chi connectivity index (χ3v) is 4.76. The van der Waals surface area contributed by atoms with Crippen LogP contribution in [0.2, 0.25) is 0 Å². The average molecular weight is 319 g/mol. The van der Waals surface area contributed by atoms with E-state index in [9.17, 15) is 5.11 Å². The van der Waals surface area contributed by atoms with Crippen LogP contribution in [0.5, 0.6) is 5.75 Å². The number of hydrogen-bond acceptors (Lipinski definition) is 3. The summed E-state index contributed by atoms with van der Waals surface area (Å²) in [5.41, 5.74) is 1.30. The van der Waals surface area contributed by atoms with Crippen molar-refractivity contribution in [3.8, 4) is 5.75 Å². The van der Waals surface area contributed by atoms with Crippen molar-refractivity contribution in [1.29, 1.82) is 0 Å². The fourth-order valence-electron chi connectivity index (χ4n) is 3.38. The minimum atomic E-state index is -0.159. The Morgan fingerprint density at radius 2 is 1.91 bits per heavy atom. The van der Waals surface area contributed by atoms with E-state index in [1.54, 1.807) is 0 Å². The molecule has 23 heavy (non-hydrogen) atoms. The molecule has 0 radical (unpaired) electrons. The molecule has 0 aliphatic carbocycles.